The van der Waals surface area contributed by atoms with Crippen LogP contribution in [0, 0.1) is 47.8 Å². The number of nitrogens with one attached hydrogen (secondary N) is 2. The lowest BCUT2D eigenvalue weighted by atomic mass is 10.1. The van der Waals surface area contributed by atoms with Gasteiger partial charge in [-0.2, -0.15) is 55.3 Å². The molecule has 0 spiro atoms. The van der Waals surface area contributed by atoms with Crippen LogP contribution in [0.25, 0.3) is 66.9 Å². The third kappa shape index (κ3) is 22.3. The number of benzene rings is 3. The number of fused-ring (bicyclic) bond motifs is 3. The number of halogens is 1. The number of nitriles is 3. The molecule has 0 aliphatic carbocycles. The van der Waals surface area contributed by atoms with Crippen molar-refractivity contribution >= 4 is 67.1 Å². The number of aryl methyl sites for hydroxylation is 2. The summed E-state index contributed by atoms with van der Waals surface area (Å²) >= 11 is 3.28. The Balaban J connectivity index is 0.000000155. The summed E-state index contributed by atoms with van der Waals surface area (Å²) in [6.07, 6.45) is 24.8. The van der Waals surface area contributed by atoms with Crippen molar-refractivity contribution in [2.24, 2.45) is 0 Å². The van der Waals surface area contributed by atoms with Gasteiger partial charge >= 0.3 is 18.3 Å². The summed E-state index contributed by atoms with van der Waals surface area (Å²) in [7, 11) is 0. The number of nitrogens with zero attached hydrogens (tertiary/aromatic N) is 14. The Kier molecular flexibility index (Phi) is 25.3. The molecule has 29 heteroatoms. The largest absolute Gasteiger partial charge is 0.508 e. The minimum Gasteiger partial charge on any atom is -0.508 e. The number of pyridine rings is 3. The molecule has 28 nitrogen and oxygen atoms in total. The van der Waals surface area contributed by atoms with E-state index in [4.69, 9.17) is 42.2 Å². The standard InChI is InChI=1S/C23H20N4O4.C18H12N4O2.C14H8N2O2.C9H13BrN2O2.C9H14N2O2.C4H6N2/c1-23(2,3)31-22(28)27-13-15(11-26-27)14-29-18-4-5-20-16(8-18)9-21(30-20)19-6-7-25-12-17(19)10-24;19-7-14-10-20-4-3-16(14)18-6-13-5-15(1-2-17(13)24-18)23-11-12-8-21-22-9-12;15-7-10-8-16-4-3-12(10)14-6-9-5-11(17)1-2-13(9)18-14;1-9(2,3)14-8(13)12-6-7(4-10)5-11-12;1-7-5-10-11(6-7)8(12)13-9(2,3)4;1-4-2-5-6-3-4/h4-9,11-13H,14H2,1-3H3;1-6,8-10H,11H2,(H,21,22);1-6,8,17H;5-6H,4H2,1-3H3;5-6H,1-4H3;2-3H,1H3,(H,5,6). The SMILES string of the molecule is CC(C)(C)OC(=O)n1cc(CBr)cn1.CC(C)(C)OC(=O)n1cc(COc2ccc3oc(-c4ccncc4C#N)cc3c2)cn1.Cc1cn[nH]c1.Cc1cnn(C(=O)OC(C)(C)C)c1.N#Cc1cnccc1-c1cc2cc(O)ccc2o1.N#Cc1cnccc1-c1cc2cc(OCc3cn[nH]c3)ccc2o1. The van der Waals surface area contributed by atoms with E-state index in [1.54, 1.807) is 144 Å². The van der Waals surface area contributed by atoms with Gasteiger partial charge in [0.2, 0.25) is 0 Å². The van der Waals surface area contributed by atoms with Crippen molar-refractivity contribution in [1.82, 2.24) is 64.7 Å². The molecule has 0 aliphatic heterocycles. The van der Waals surface area contributed by atoms with Crippen LogP contribution in [0.4, 0.5) is 14.4 Å². The number of aromatic amines is 2. The molecule has 0 saturated carbocycles. The van der Waals surface area contributed by atoms with Gasteiger partial charge in [0.1, 0.15) is 99.5 Å². The van der Waals surface area contributed by atoms with Gasteiger partial charge < -0.3 is 42.0 Å². The van der Waals surface area contributed by atoms with Gasteiger partial charge in [-0.05, 0) is 178 Å². The average molecular weight is 1490 g/mol. The summed E-state index contributed by atoms with van der Waals surface area (Å²) in [6.45, 7) is 20.8. The highest BCUT2D eigenvalue weighted by molar-refractivity contribution is 9.08. The molecule has 11 aromatic heterocycles. The van der Waals surface area contributed by atoms with Crippen molar-refractivity contribution in [3.63, 3.8) is 0 Å². The summed E-state index contributed by atoms with van der Waals surface area (Å²) in [5.41, 5.74) is 8.78. The summed E-state index contributed by atoms with van der Waals surface area (Å²) in [6, 6.07) is 33.1. The Bertz CT molecular complexity index is 5410. The first-order valence-corrected chi connectivity index (χ1v) is 33.6. The van der Waals surface area contributed by atoms with Crippen LogP contribution in [0.3, 0.4) is 0 Å². The number of aromatic nitrogens is 13. The Hall–Kier alpha value is -13.5. The number of hydrogen-bond donors (Lipinski definition) is 3. The van der Waals surface area contributed by atoms with Gasteiger partial charge in [0.05, 0.1) is 47.7 Å². The molecule has 0 radical (unpaired) electrons. The predicted molar refractivity (Wildman–Crippen MR) is 394 cm³/mol. The van der Waals surface area contributed by atoms with Crippen LogP contribution in [-0.2, 0) is 32.8 Å². The highest BCUT2D eigenvalue weighted by Gasteiger charge is 2.22. The van der Waals surface area contributed by atoms with Gasteiger partial charge in [-0.1, -0.05) is 15.9 Å². The first-order chi connectivity index (χ1) is 50.6. The first kappa shape index (κ1) is 76.7. The smallest absolute Gasteiger partial charge is 0.435 e. The van der Waals surface area contributed by atoms with Crippen molar-refractivity contribution in [3.8, 4) is 69.4 Å². The van der Waals surface area contributed by atoms with E-state index in [1.807, 2.05) is 104 Å². The van der Waals surface area contributed by atoms with E-state index in [-0.39, 0.29) is 12.4 Å². The predicted octanol–water partition coefficient (Wildman–Crippen LogP) is 16.9. The average Bonchev–Trinajstić information content (AvgIpc) is 1.66. The molecule has 0 amide bonds. The van der Waals surface area contributed by atoms with Crippen LogP contribution in [0.5, 0.6) is 17.2 Å². The van der Waals surface area contributed by atoms with Crippen LogP contribution in [0.1, 0.15) is 107 Å². The van der Waals surface area contributed by atoms with E-state index >= 15 is 0 Å². The van der Waals surface area contributed by atoms with E-state index in [1.165, 1.54) is 33.5 Å². The lowest BCUT2D eigenvalue weighted by Crippen LogP contribution is -2.27. The van der Waals surface area contributed by atoms with E-state index in [2.05, 4.69) is 84.8 Å². The number of carbonyl (C=O) groups excluding carboxylic acids is 3. The molecule has 14 aromatic rings. The number of phenolic OH excluding ortho intramolecular Hbond substituents is 1. The zero-order chi connectivity index (χ0) is 76.1. The number of alkyl halides is 1. The number of carbonyl (C=O) groups is 3. The zero-order valence-corrected chi connectivity index (χ0v) is 61.2. The molecular formula is C77H73BrN16O12. The molecule has 11 heterocycles. The summed E-state index contributed by atoms with van der Waals surface area (Å²) in [5.74, 6) is 3.38. The van der Waals surface area contributed by atoms with Gasteiger partial charge in [-0.3, -0.25) is 25.1 Å². The molecule has 0 bridgehead atoms. The lowest BCUT2D eigenvalue weighted by molar-refractivity contribution is 0.0503. The molecule has 540 valence electrons. The quantitative estimate of drug-likeness (QED) is 0.0845. The van der Waals surface area contributed by atoms with Crippen molar-refractivity contribution < 1.29 is 56.4 Å². The minimum atomic E-state index is -0.594. The Morgan fingerprint density at radius 1 is 0.472 bits per heavy atom. The monoisotopic (exact) mass is 1490 g/mol. The molecule has 0 fully saturated rings. The number of rotatable bonds is 10. The number of phenols is 1. The molecule has 3 N–H and O–H groups in total. The highest BCUT2D eigenvalue weighted by Crippen LogP contribution is 2.35. The van der Waals surface area contributed by atoms with Gasteiger partial charge in [0, 0.05) is 123 Å². The maximum absolute atomic E-state index is 12.1. The molecule has 0 unspecified atom stereocenters. The topological polar surface area (TPSA) is 378 Å². The highest BCUT2D eigenvalue weighted by atomic mass is 79.9. The van der Waals surface area contributed by atoms with Gasteiger partial charge in [-0.25, -0.2) is 14.4 Å². The molecule has 0 saturated heterocycles. The lowest BCUT2D eigenvalue weighted by Gasteiger charge is -2.18. The molecule has 14 rings (SSSR count). The number of furan rings is 3. The van der Waals surface area contributed by atoms with Gasteiger partial charge in [0.25, 0.3) is 0 Å². The van der Waals surface area contributed by atoms with Crippen molar-refractivity contribution in [2.75, 3.05) is 0 Å². The van der Waals surface area contributed by atoms with Crippen LogP contribution >= 0.6 is 15.9 Å². The van der Waals surface area contributed by atoms with E-state index in [0.717, 1.165) is 60.0 Å². The second kappa shape index (κ2) is 34.9. The second-order valence-electron chi connectivity index (χ2n) is 26.1. The van der Waals surface area contributed by atoms with Crippen LogP contribution in [0.2, 0.25) is 0 Å². The second-order valence-corrected chi connectivity index (χ2v) is 26.7. The van der Waals surface area contributed by atoms with E-state index < -0.39 is 35.1 Å². The minimum absolute atomic E-state index is 0.185. The molecule has 0 atom stereocenters. The first-order valence-electron chi connectivity index (χ1n) is 32.5. The molecule has 0 aliphatic rings. The third-order valence-electron chi connectivity index (χ3n) is 14.0. The van der Waals surface area contributed by atoms with E-state index in [0.29, 0.717) is 74.0 Å². The Morgan fingerprint density at radius 3 is 1.24 bits per heavy atom. The van der Waals surface area contributed by atoms with Gasteiger partial charge in [-0.15, -0.1) is 0 Å². The fraction of sp³-hybridized carbons (Fsp3) is 0.221. The van der Waals surface area contributed by atoms with Crippen molar-refractivity contribution in [3.05, 3.63) is 235 Å². The van der Waals surface area contributed by atoms with Crippen molar-refractivity contribution in [1.29, 1.82) is 15.8 Å². The fourth-order valence-corrected chi connectivity index (χ4v) is 9.54. The Labute approximate surface area is 616 Å². The summed E-state index contributed by atoms with van der Waals surface area (Å²) in [4.78, 5) is 46.7. The number of hydrogen-bond acceptors (Lipinski definition) is 23. The van der Waals surface area contributed by atoms with Crippen LogP contribution < -0.4 is 9.47 Å². The maximum atomic E-state index is 12.1. The maximum Gasteiger partial charge on any atom is 0.435 e. The number of aromatic hydroxyl groups is 1. The summed E-state index contributed by atoms with van der Waals surface area (Å²) in [5, 5.41) is 64.9. The third-order valence-corrected chi connectivity index (χ3v) is 14.6. The number of H-pyrrole nitrogens is 2. The van der Waals surface area contributed by atoms with E-state index in [9.17, 15) is 30.0 Å². The van der Waals surface area contributed by atoms with Crippen LogP contribution in [0.15, 0.2) is 203 Å². The fourth-order valence-electron chi connectivity index (χ4n) is 9.25. The molecular weight excluding hydrogens is 1420 g/mol. The Morgan fingerprint density at radius 2 is 0.868 bits per heavy atom. The van der Waals surface area contributed by atoms with Crippen LogP contribution in [-0.4, -0.2) is 105 Å². The van der Waals surface area contributed by atoms with Gasteiger partial charge in [0.15, 0.2) is 0 Å². The molecule has 106 heavy (non-hydrogen) atoms. The number of ether oxygens (including phenoxy) is 5. The normalized spacial score (nSPS) is 10.9. The zero-order valence-electron chi connectivity index (χ0n) is 59.6. The summed E-state index contributed by atoms with van der Waals surface area (Å²) < 4.78 is 48.1. The molecule has 3 aromatic carbocycles. The van der Waals surface area contributed by atoms with Crippen molar-refractivity contribution in [2.45, 2.75) is 112 Å².